The molecule has 0 bridgehead atoms. The fraction of sp³-hybridized carbons (Fsp3) is 0.260. The van der Waals surface area contributed by atoms with Gasteiger partial charge in [0.25, 0.3) is 0 Å². The van der Waals surface area contributed by atoms with Gasteiger partial charge < -0.3 is 60.8 Å². The van der Waals surface area contributed by atoms with Gasteiger partial charge in [0, 0.05) is 139 Å². The number of likely N-dealkylation sites (N-methyl/N-ethyl adjacent to an activating group) is 3. The van der Waals surface area contributed by atoms with Crippen molar-refractivity contribution in [3.05, 3.63) is 312 Å². The van der Waals surface area contributed by atoms with E-state index in [1.165, 1.54) is 21.1 Å². The number of aromatic nitrogens is 9. The minimum atomic E-state index is -3.09. The van der Waals surface area contributed by atoms with Crippen LogP contribution in [0.4, 0.5) is 48.9 Å². The molecule has 3 aliphatic rings. The number of urea groups is 3. The number of carbonyl (C=O) groups excluding carboxylic acids is 9. The molecule has 0 spiro atoms. The first-order valence-corrected chi connectivity index (χ1v) is 45.6. The Balaban J connectivity index is 0.000000162. The summed E-state index contributed by atoms with van der Waals surface area (Å²) in [6.45, 7) is 19.5. The van der Waals surface area contributed by atoms with Crippen LogP contribution in [0.25, 0.3) is 38.6 Å². The second-order valence-corrected chi connectivity index (χ2v) is 37.3. The zero-order chi connectivity index (χ0) is 102. The van der Waals surface area contributed by atoms with Gasteiger partial charge >= 0.3 is 70.9 Å². The van der Waals surface area contributed by atoms with Crippen molar-refractivity contribution < 1.29 is 88.0 Å². The largest absolute Gasteiger partial charge is 0.493 e. The van der Waals surface area contributed by atoms with Crippen LogP contribution in [0, 0.1) is 0 Å². The number of benzene rings is 8. The molecule has 0 atom stereocenters. The average Bonchev–Trinajstić information content (AvgIpc) is 1.62. The van der Waals surface area contributed by atoms with Gasteiger partial charge in [-0.3, -0.25) is 59.7 Å². The van der Waals surface area contributed by atoms with Crippen LogP contribution in [0.5, 0.6) is 17.2 Å². The van der Waals surface area contributed by atoms with Crippen LogP contribution < -0.4 is 46.1 Å². The molecule has 3 aliphatic heterocycles. The lowest BCUT2D eigenvalue weighted by molar-refractivity contribution is -0.186. The lowest BCUT2D eigenvalue weighted by Gasteiger charge is -2.23. The van der Waals surface area contributed by atoms with E-state index in [9.17, 15) is 73.8 Å². The number of nitrogens with one attached hydrogen (secondary N) is 6. The van der Waals surface area contributed by atoms with Gasteiger partial charge in [-0.1, -0.05) is 153 Å². The molecular formula is C104H109N21O18. The summed E-state index contributed by atoms with van der Waals surface area (Å²) in [6, 6.07) is 66.4. The predicted octanol–water partition coefficient (Wildman–Crippen LogP) is 12.0. The molecule has 0 saturated carbocycles. The third kappa shape index (κ3) is 23.0. The second kappa shape index (κ2) is 41.7. The normalized spacial score (nSPS) is 14.4. The minimum Gasteiger partial charge on any atom is -0.493 e. The van der Waals surface area contributed by atoms with Gasteiger partial charge in [0.1, 0.15) is 34.7 Å². The monoisotopic (exact) mass is 1940 g/mol. The van der Waals surface area contributed by atoms with E-state index in [0.717, 1.165) is 98.2 Å². The Labute approximate surface area is 821 Å². The standard InChI is InChI=1S/2C36H37N7O6.C32H35N7O6/c1-35(2,3)30-20-31(43(40-30)25-13-11-24(12-14-25)22-42-33(45)36(47,48)32(44)41(42)4)39-34(46)38-28-15-16-29(27-10-6-5-9-26(27)28)49-19-17-23-8-7-18-37-21-23;1-35(2,3)30-21-31(43(40-30)25-11-9-24(10-12-25)22-42-33(45)36(47,48)32(44)41(42)4)39-34(46)38-28-13-14-29(27-8-6-5-7-26(27)28)49-20-17-23-15-18-37-19-16-23;1-31(2,3)26-19-27(35-30(42)34-23-7-11-25(12-8-23)45-18-15-21-13-16-33-17-14-21)39(36-26)24-9-5-22(6-10-24)20-38-29(41)32(43,44)28(40)37(38)4/h5-16,18,20-21,47-48H,17,19,22H2,1-4H3,(H2,38,39,46);5-16,18-19,21,47-48H,17,20,22H2,1-4H3,(H2,38,39,46);5-14,16-17,19,43-44H,15,18,20H2,1-4H3,(H2,34,35,42). The molecule has 8 aromatic carbocycles. The SMILES string of the molecule is CN1C(=O)C(O)(O)C(=O)N1Cc1ccc(-n2nc(C(C)(C)C)cc2NC(=O)Nc2ccc(OCCc3cccnc3)c3ccccc23)cc1.CN1C(=O)C(O)(O)C(=O)N1Cc1ccc(-n2nc(C(C)(C)C)cc2NC(=O)Nc2ccc(OCCc3ccncc3)c3ccccc23)cc1.CN1C(=O)C(O)(O)C(=O)N1Cc1ccc(-n2nc(C(C)(C)C)cc2NC(=O)Nc2ccc(OCCc3ccncc3)cc2)cc1. The number of carbonyl (C=O) groups is 9. The Morgan fingerprint density at radius 1 is 0.322 bits per heavy atom. The number of nitrogens with zero attached hydrogens (tertiary/aromatic N) is 15. The third-order valence-corrected chi connectivity index (χ3v) is 23.7. The molecule has 12 amide bonds. The van der Waals surface area contributed by atoms with Gasteiger partial charge in [0.15, 0.2) is 0 Å². The molecule has 143 heavy (non-hydrogen) atoms. The van der Waals surface area contributed by atoms with E-state index in [1.54, 1.807) is 148 Å². The second-order valence-electron chi connectivity index (χ2n) is 37.3. The van der Waals surface area contributed by atoms with Crippen LogP contribution >= 0.6 is 0 Å². The highest BCUT2D eigenvalue weighted by molar-refractivity contribution is 6.13. The molecule has 3 saturated heterocycles. The number of fused-ring (bicyclic) bond motifs is 2. The molecule has 39 nitrogen and oxygen atoms in total. The predicted molar refractivity (Wildman–Crippen MR) is 531 cm³/mol. The van der Waals surface area contributed by atoms with Crippen molar-refractivity contribution in [1.82, 2.24) is 74.3 Å². The molecule has 14 aromatic rings. The summed E-state index contributed by atoms with van der Waals surface area (Å²) in [4.78, 5) is 125. The molecule has 0 unspecified atom stereocenters. The molecule has 39 heteroatoms. The van der Waals surface area contributed by atoms with Crippen LogP contribution in [-0.4, -0.2) is 217 Å². The van der Waals surface area contributed by atoms with E-state index in [1.807, 2.05) is 190 Å². The van der Waals surface area contributed by atoms with Crippen molar-refractivity contribution in [1.29, 1.82) is 0 Å². The number of rotatable bonds is 27. The lowest BCUT2D eigenvalue weighted by Crippen LogP contribution is -2.43. The summed E-state index contributed by atoms with van der Waals surface area (Å²) in [7, 11) is 3.87. The van der Waals surface area contributed by atoms with Gasteiger partial charge in [-0.15, -0.1) is 0 Å². The molecule has 17 rings (SSSR count). The van der Waals surface area contributed by atoms with Crippen LogP contribution in [0.1, 0.15) is 113 Å². The fourth-order valence-corrected chi connectivity index (χ4v) is 15.6. The molecule has 0 aliphatic carbocycles. The topological polar surface area (TPSA) is 486 Å². The summed E-state index contributed by atoms with van der Waals surface area (Å²) < 4.78 is 22.9. The molecule has 12 N–H and O–H groups in total. The number of anilines is 6. The van der Waals surface area contributed by atoms with E-state index < -0.39 is 70.9 Å². The summed E-state index contributed by atoms with van der Waals surface area (Å²) >= 11 is 0. The molecule has 9 heterocycles. The molecule has 6 aromatic heterocycles. The smallest absolute Gasteiger partial charge is 0.330 e. The summed E-state index contributed by atoms with van der Waals surface area (Å²) in [5.41, 5.74) is 10.2. The zero-order valence-electron chi connectivity index (χ0n) is 80.5. The number of aliphatic hydroxyl groups is 6. The lowest BCUT2D eigenvalue weighted by atomic mass is 9.92. The third-order valence-electron chi connectivity index (χ3n) is 23.7. The highest BCUT2D eigenvalue weighted by atomic mass is 16.5. The van der Waals surface area contributed by atoms with Gasteiger partial charge in [0.05, 0.1) is 85.0 Å². The number of amides is 12. The van der Waals surface area contributed by atoms with E-state index in [-0.39, 0.29) is 35.9 Å². The number of ether oxygens (including phenoxy) is 3. The van der Waals surface area contributed by atoms with Crippen molar-refractivity contribution in [2.45, 2.75) is 135 Å². The fourth-order valence-electron chi connectivity index (χ4n) is 15.6. The molecular weight excluding hydrogens is 1830 g/mol. The molecule has 738 valence electrons. The molecule has 3 fully saturated rings. The number of hydrazine groups is 3. The van der Waals surface area contributed by atoms with E-state index in [2.05, 4.69) is 46.9 Å². The van der Waals surface area contributed by atoms with Gasteiger partial charge in [0.2, 0.25) is 0 Å². The van der Waals surface area contributed by atoms with E-state index in [0.29, 0.717) is 112 Å². The van der Waals surface area contributed by atoms with E-state index >= 15 is 0 Å². The van der Waals surface area contributed by atoms with Crippen molar-refractivity contribution in [3.8, 4) is 34.3 Å². The highest BCUT2D eigenvalue weighted by Crippen LogP contribution is 2.38. The van der Waals surface area contributed by atoms with Crippen LogP contribution in [0.15, 0.2) is 262 Å². The number of hydrogen-bond acceptors (Lipinski definition) is 24. The van der Waals surface area contributed by atoms with Crippen LogP contribution in [-0.2, 0) is 83.9 Å². The summed E-state index contributed by atoms with van der Waals surface area (Å²) in [5, 5.41) is 99.7. The van der Waals surface area contributed by atoms with Crippen molar-refractivity contribution in [3.63, 3.8) is 0 Å². The minimum absolute atomic E-state index is 0.0569. The Morgan fingerprint density at radius 3 is 0.958 bits per heavy atom. The maximum absolute atomic E-state index is 13.5. The quantitative estimate of drug-likeness (QED) is 0.0168. The Kier molecular flexibility index (Phi) is 29.3. The summed E-state index contributed by atoms with van der Waals surface area (Å²) in [6.07, 6.45) is 12.8. The Morgan fingerprint density at radius 2 is 0.643 bits per heavy atom. The van der Waals surface area contributed by atoms with Gasteiger partial charge in [-0.25, -0.2) is 58.5 Å². The maximum Gasteiger partial charge on any atom is 0.330 e. The van der Waals surface area contributed by atoms with Gasteiger partial charge in [-0.05, 0) is 149 Å². The maximum atomic E-state index is 13.5. The van der Waals surface area contributed by atoms with Crippen molar-refractivity contribution >= 4 is 110 Å². The Bertz CT molecular complexity index is 6750. The first-order chi connectivity index (χ1) is 68.0. The highest BCUT2D eigenvalue weighted by Gasteiger charge is 2.58. The average molecular weight is 1940 g/mol. The van der Waals surface area contributed by atoms with Crippen molar-refractivity contribution in [2.24, 2.45) is 0 Å². The first kappa shape index (κ1) is 101. The van der Waals surface area contributed by atoms with E-state index in [4.69, 9.17) is 29.5 Å². The zero-order valence-corrected chi connectivity index (χ0v) is 80.5. The van der Waals surface area contributed by atoms with Crippen LogP contribution in [0.2, 0.25) is 0 Å². The molecule has 0 radical (unpaired) electrons. The van der Waals surface area contributed by atoms with Crippen LogP contribution in [0.3, 0.4) is 0 Å². The Hall–Kier alpha value is -16.9. The van der Waals surface area contributed by atoms with Crippen molar-refractivity contribution in [2.75, 3.05) is 72.9 Å². The number of hydrogen-bond donors (Lipinski definition) is 12. The first-order valence-electron chi connectivity index (χ1n) is 45.6. The van der Waals surface area contributed by atoms with Gasteiger partial charge in [-0.2, -0.15) is 15.3 Å². The summed E-state index contributed by atoms with van der Waals surface area (Å²) in [5.74, 6) is -12.6. The number of pyridine rings is 3.